The Balaban J connectivity index is 1.33. The SMILES string of the molecule is NC(=NCc1ccccc1CN1CCC(O)CC1)N1CCN(c2nccs2)CC1. The molecule has 156 valence electrons. The molecule has 0 spiro atoms. The Kier molecular flexibility index (Phi) is 6.63. The highest BCUT2D eigenvalue weighted by Gasteiger charge is 2.20. The molecule has 1 aromatic carbocycles. The van der Waals surface area contributed by atoms with Crippen molar-refractivity contribution in [2.75, 3.05) is 44.2 Å². The standard InChI is InChI=1S/C21H30N6OS/c22-20(26-10-12-27(13-11-26)21-23-7-14-29-21)24-15-17-3-1-2-4-18(17)16-25-8-5-19(28)6-9-25/h1-4,7,14,19,28H,5-6,8-13,15-16H2,(H2,22,24). The van der Waals surface area contributed by atoms with E-state index in [-0.39, 0.29) is 6.10 Å². The first-order chi connectivity index (χ1) is 14.2. The number of likely N-dealkylation sites (tertiary alicyclic amines) is 1. The second-order valence-corrected chi connectivity index (χ2v) is 8.61. The van der Waals surface area contributed by atoms with Gasteiger partial charge < -0.3 is 20.6 Å². The number of rotatable bonds is 5. The molecular formula is C21H30N6OS. The molecule has 0 atom stereocenters. The van der Waals surface area contributed by atoms with Gasteiger partial charge in [-0.1, -0.05) is 24.3 Å². The number of guanidine groups is 1. The third-order valence-corrected chi connectivity index (χ3v) is 6.61. The van der Waals surface area contributed by atoms with Crippen molar-refractivity contribution >= 4 is 22.4 Å². The Hall–Kier alpha value is -2.16. The van der Waals surface area contributed by atoms with Crippen molar-refractivity contribution in [3.63, 3.8) is 0 Å². The predicted molar refractivity (Wildman–Crippen MR) is 118 cm³/mol. The van der Waals surface area contributed by atoms with Crippen LogP contribution in [0.4, 0.5) is 5.13 Å². The third kappa shape index (κ3) is 5.26. The Labute approximate surface area is 176 Å². The van der Waals surface area contributed by atoms with Gasteiger partial charge in [0.25, 0.3) is 0 Å². The molecule has 29 heavy (non-hydrogen) atoms. The summed E-state index contributed by atoms with van der Waals surface area (Å²) in [4.78, 5) is 16.0. The number of benzene rings is 1. The van der Waals surface area contributed by atoms with Crippen LogP contribution in [0.2, 0.25) is 0 Å². The zero-order valence-corrected chi connectivity index (χ0v) is 17.6. The number of aromatic nitrogens is 1. The van der Waals surface area contributed by atoms with E-state index in [9.17, 15) is 5.11 Å². The van der Waals surface area contributed by atoms with E-state index in [0.29, 0.717) is 12.5 Å². The average molecular weight is 415 g/mol. The van der Waals surface area contributed by atoms with Gasteiger partial charge in [-0.3, -0.25) is 4.90 Å². The number of aliphatic imine (C=N–C) groups is 1. The van der Waals surface area contributed by atoms with E-state index in [1.54, 1.807) is 11.3 Å². The van der Waals surface area contributed by atoms with Crippen LogP contribution in [0, 0.1) is 0 Å². The van der Waals surface area contributed by atoms with Crippen LogP contribution < -0.4 is 10.6 Å². The summed E-state index contributed by atoms with van der Waals surface area (Å²) in [6, 6.07) is 8.48. The molecule has 1 aromatic heterocycles. The van der Waals surface area contributed by atoms with Crippen molar-refractivity contribution in [2.45, 2.75) is 32.0 Å². The Morgan fingerprint density at radius 1 is 1.10 bits per heavy atom. The number of piperidine rings is 1. The Morgan fingerprint density at radius 3 is 2.52 bits per heavy atom. The molecule has 3 heterocycles. The van der Waals surface area contributed by atoms with Crippen LogP contribution in [0.15, 0.2) is 40.8 Å². The average Bonchev–Trinajstić information content (AvgIpc) is 3.30. The molecule has 2 aliphatic heterocycles. The minimum absolute atomic E-state index is 0.137. The second kappa shape index (κ2) is 9.56. The van der Waals surface area contributed by atoms with Crippen molar-refractivity contribution in [3.8, 4) is 0 Å². The molecule has 2 aromatic rings. The summed E-state index contributed by atoms with van der Waals surface area (Å²) in [7, 11) is 0. The molecule has 0 radical (unpaired) electrons. The predicted octanol–water partition coefficient (Wildman–Crippen LogP) is 1.74. The maximum Gasteiger partial charge on any atom is 0.191 e. The molecule has 2 saturated heterocycles. The monoisotopic (exact) mass is 414 g/mol. The first-order valence-corrected chi connectivity index (χ1v) is 11.2. The molecule has 3 N–H and O–H groups in total. The van der Waals surface area contributed by atoms with E-state index < -0.39 is 0 Å². The van der Waals surface area contributed by atoms with Crippen LogP contribution in [-0.2, 0) is 13.1 Å². The van der Waals surface area contributed by atoms with E-state index in [1.807, 2.05) is 11.6 Å². The number of piperazine rings is 1. The summed E-state index contributed by atoms with van der Waals surface area (Å²) in [5, 5.41) is 12.8. The fourth-order valence-electron chi connectivity index (χ4n) is 3.95. The van der Waals surface area contributed by atoms with Crippen LogP contribution in [0.25, 0.3) is 0 Å². The van der Waals surface area contributed by atoms with Gasteiger partial charge in [-0.15, -0.1) is 11.3 Å². The molecule has 0 bridgehead atoms. The van der Waals surface area contributed by atoms with Crippen LogP contribution in [0.5, 0.6) is 0 Å². The normalized spacial score (nSPS) is 19.7. The lowest BCUT2D eigenvalue weighted by molar-refractivity contribution is 0.0791. The van der Waals surface area contributed by atoms with E-state index in [0.717, 1.165) is 63.8 Å². The van der Waals surface area contributed by atoms with Crippen LogP contribution in [-0.4, -0.2) is 71.2 Å². The lowest BCUT2D eigenvalue weighted by atomic mass is 10.0. The number of anilines is 1. The minimum atomic E-state index is -0.137. The van der Waals surface area contributed by atoms with Crippen LogP contribution >= 0.6 is 11.3 Å². The summed E-state index contributed by atoms with van der Waals surface area (Å²) in [6.07, 6.45) is 3.44. The molecule has 2 aliphatic rings. The number of nitrogens with two attached hydrogens (primary N) is 1. The van der Waals surface area contributed by atoms with E-state index >= 15 is 0 Å². The van der Waals surface area contributed by atoms with Crippen molar-refractivity contribution < 1.29 is 5.11 Å². The van der Waals surface area contributed by atoms with Gasteiger partial charge in [0.1, 0.15) is 0 Å². The summed E-state index contributed by atoms with van der Waals surface area (Å²) in [5.41, 5.74) is 8.84. The molecule has 4 rings (SSSR count). The molecule has 0 unspecified atom stereocenters. The molecule has 8 heteroatoms. The van der Waals surface area contributed by atoms with Gasteiger partial charge >= 0.3 is 0 Å². The van der Waals surface area contributed by atoms with Gasteiger partial charge in [0.05, 0.1) is 12.6 Å². The number of thiazole rings is 1. The van der Waals surface area contributed by atoms with Crippen molar-refractivity contribution in [2.24, 2.45) is 10.7 Å². The smallest absolute Gasteiger partial charge is 0.191 e. The Morgan fingerprint density at radius 2 is 1.83 bits per heavy atom. The summed E-state index contributed by atoms with van der Waals surface area (Å²) >= 11 is 1.68. The summed E-state index contributed by atoms with van der Waals surface area (Å²) in [5.74, 6) is 0.625. The van der Waals surface area contributed by atoms with Crippen LogP contribution in [0.1, 0.15) is 24.0 Å². The molecule has 7 nitrogen and oxygen atoms in total. The molecule has 2 fully saturated rings. The molecular weight excluding hydrogens is 384 g/mol. The highest BCUT2D eigenvalue weighted by atomic mass is 32.1. The van der Waals surface area contributed by atoms with E-state index in [4.69, 9.17) is 10.7 Å². The van der Waals surface area contributed by atoms with Crippen molar-refractivity contribution in [1.29, 1.82) is 0 Å². The second-order valence-electron chi connectivity index (χ2n) is 7.74. The van der Waals surface area contributed by atoms with E-state index in [1.165, 1.54) is 11.1 Å². The highest BCUT2D eigenvalue weighted by Crippen LogP contribution is 2.19. The van der Waals surface area contributed by atoms with Gasteiger partial charge in [0.15, 0.2) is 11.1 Å². The summed E-state index contributed by atoms with van der Waals surface area (Å²) in [6.45, 7) is 6.98. The van der Waals surface area contributed by atoms with E-state index in [2.05, 4.69) is 43.9 Å². The number of aliphatic hydroxyl groups is 1. The number of nitrogens with zero attached hydrogens (tertiary/aromatic N) is 5. The lowest BCUT2D eigenvalue weighted by Crippen LogP contribution is -2.51. The highest BCUT2D eigenvalue weighted by molar-refractivity contribution is 7.13. The fraction of sp³-hybridized carbons (Fsp3) is 0.524. The topological polar surface area (TPSA) is 81.2 Å². The van der Waals surface area contributed by atoms with Crippen molar-refractivity contribution in [3.05, 3.63) is 47.0 Å². The lowest BCUT2D eigenvalue weighted by Gasteiger charge is -2.35. The molecule has 0 aliphatic carbocycles. The molecule has 0 saturated carbocycles. The van der Waals surface area contributed by atoms with Crippen LogP contribution in [0.3, 0.4) is 0 Å². The third-order valence-electron chi connectivity index (χ3n) is 5.77. The quantitative estimate of drug-likeness (QED) is 0.573. The van der Waals surface area contributed by atoms with Gasteiger partial charge in [0, 0.05) is 57.4 Å². The Bertz CT molecular complexity index is 795. The van der Waals surface area contributed by atoms with Crippen molar-refractivity contribution in [1.82, 2.24) is 14.8 Å². The van der Waals surface area contributed by atoms with Gasteiger partial charge in [-0.05, 0) is 24.0 Å². The number of hydrogen-bond acceptors (Lipinski definition) is 6. The van der Waals surface area contributed by atoms with Gasteiger partial charge in [-0.25, -0.2) is 9.98 Å². The van der Waals surface area contributed by atoms with Gasteiger partial charge in [0.2, 0.25) is 0 Å². The zero-order valence-electron chi connectivity index (χ0n) is 16.8. The maximum atomic E-state index is 9.72. The number of hydrogen-bond donors (Lipinski definition) is 2. The first-order valence-electron chi connectivity index (χ1n) is 10.4. The summed E-state index contributed by atoms with van der Waals surface area (Å²) < 4.78 is 0. The zero-order chi connectivity index (χ0) is 20.1. The largest absolute Gasteiger partial charge is 0.393 e. The van der Waals surface area contributed by atoms with Gasteiger partial charge in [-0.2, -0.15) is 0 Å². The first kappa shape index (κ1) is 20.1. The maximum absolute atomic E-state index is 9.72. The minimum Gasteiger partial charge on any atom is -0.393 e. The number of aliphatic hydroxyl groups excluding tert-OH is 1. The molecule has 0 amide bonds. The fourth-order valence-corrected chi connectivity index (χ4v) is 4.65.